The maximum absolute atomic E-state index is 10.1. The summed E-state index contributed by atoms with van der Waals surface area (Å²) < 4.78 is 0. The molecule has 0 saturated carbocycles. The molecular weight excluding hydrogens is 152 g/mol. The normalized spacial score (nSPS) is 8.00. The molecule has 2 N–H and O–H groups in total. The van der Waals surface area contributed by atoms with E-state index in [2.05, 4.69) is 4.98 Å². The lowest BCUT2D eigenvalue weighted by Gasteiger charge is -1.92. The molecule has 3 nitrogen and oxygen atoms in total. The molecule has 0 aliphatic carbocycles. The van der Waals surface area contributed by atoms with Crippen LogP contribution in [0.1, 0.15) is 10.4 Å². The van der Waals surface area contributed by atoms with Gasteiger partial charge in [0.15, 0.2) is 6.29 Å². The van der Waals surface area contributed by atoms with E-state index in [1.54, 1.807) is 12.3 Å². The molecule has 0 saturated heterocycles. The minimum Gasteiger partial charge on any atom is -0.398 e. The third-order valence-electron chi connectivity index (χ3n) is 1.01. The van der Waals surface area contributed by atoms with Gasteiger partial charge in [0, 0.05) is 18.1 Å². The lowest BCUT2D eigenvalue weighted by atomic mass is 10.3. The lowest BCUT2D eigenvalue weighted by Crippen LogP contribution is -1.91. The Balaban J connectivity index is 0.000000810. The number of aromatic nitrogens is 1. The highest BCUT2D eigenvalue weighted by Crippen LogP contribution is 2.03. The number of carbonyl (C=O) groups excluding carboxylic acids is 1. The number of nitrogens with zero attached hydrogens (tertiary/aromatic N) is 1. The standard InChI is InChI=1S/C6H6N2O.ClH/c7-6-1-2-8-3-5(6)4-9;/h1-4H,(H2,7,8);1H. The van der Waals surface area contributed by atoms with Crippen LogP contribution in [0.2, 0.25) is 0 Å². The van der Waals surface area contributed by atoms with Crippen molar-refractivity contribution in [3.05, 3.63) is 24.0 Å². The first-order valence-corrected chi connectivity index (χ1v) is 2.49. The second-order valence-electron chi connectivity index (χ2n) is 1.62. The Morgan fingerprint density at radius 3 is 2.70 bits per heavy atom. The summed E-state index contributed by atoms with van der Waals surface area (Å²) in [7, 11) is 0. The van der Waals surface area contributed by atoms with E-state index in [1.165, 1.54) is 6.20 Å². The molecule has 0 fully saturated rings. The average molecular weight is 159 g/mol. The summed E-state index contributed by atoms with van der Waals surface area (Å²) in [5, 5.41) is 0. The fourth-order valence-corrected chi connectivity index (χ4v) is 0.516. The molecule has 1 aromatic heterocycles. The van der Waals surface area contributed by atoms with Gasteiger partial charge in [0.05, 0.1) is 5.56 Å². The van der Waals surface area contributed by atoms with Gasteiger partial charge in [-0.15, -0.1) is 12.4 Å². The molecule has 0 unspecified atom stereocenters. The molecule has 1 rings (SSSR count). The minimum atomic E-state index is 0. The van der Waals surface area contributed by atoms with Crippen LogP contribution in [0.3, 0.4) is 0 Å². The van der Waals surface area contributed by atoms with Crippen LogP contribution in [-0.4, -0.2) is 11.3 Å². The monoisotopic (exact) mass is 158 g/mol. The Hall–Kier alpha value is -1.09. The second kappa shape index (κ2) is 3.85. The van der Waals surface area contributed by atoms with Crippen LogP contribution in [0.25, 0.3) is 0 Å². The third kappa shape index (κ3) is 1.70. The molecule has 0 atom stereocenters. The maximum Gasteiger partial charge on any atom is 0.153 e. The van der Waals surface area contributed by atoms with Gasteiger partial charge in [-0.1, -0.05) is 0 Å². The molecule has 0 aromatic carbocycles. The summed E-state index contributed by atoms with van der Waals surface area (Å²) in [6.07, 6.45) is 3.66. The van der Waals surface area contributed by atoms with Crippen LogP contribution < -0.4 is 5.73 Å². The van der Waals surface area contributed by atoms with Gasteiger partial charge in [0.2, 0.25) is 0 Å². The van der Waals surface area contributed by atoms with Crippen molar-refractivity contribution in [1.82, 2.24) is 4.98 Å². The molecule has 1 aromatic rings. The van der Waals surface area contributed by atoms with E-state index >= 15 is 0 Å². The highest BCUT2D eigenvalue weighted by atomic mass is 35.5. The van der Waals surface area contributed by atoms with Crippen molar-refractivity contribution in [2.75, 3.05) is 5.73 Å². The highest BCUT2D eigenvalue weighted by molar-refractivity contribution is 5.85. The smallest absolute Gasteiger partial charge is 0.153 e. The SMILES string of the molecule is Cl.Nc1ccncc1C=O. The number of anilines is 1. The fourth-order valence-electron chi connectivity index (χ4n) is 0.516. The largest absolute Gasteiger partial charge is 0.398 e. The van der Waals surface area contributed by atoms with Gasteiger partial charge < -0.3 is 5.73 Å². The molecule has 0 radical (unpaired) electrons. The van der Waals surface area contributed by atoms with Crippen molar-refractivity contribution in [3.63, 3.8) is 0 Å². The first-order chi connectivity index (χ1) is 4.34. The minimum absolute atomic E-state index is 0. The predicted molar refractivity (Wildman–Crippen MR) is 41.3 cm³/mol. The Morgan fingerprint density at radius 2 is 2.30 bits per heavy atom. The predicted octanol–water partition coefficient (Wildman–Crippen LogP) is 0.898. The summed E-state index contributed by atoms with van der Waals surface area (Å²) >= 11 is 0. The number of nitrogen functional groups attached to an aromatic ring is 1. The second-order valence-corrected chi connectivity index (χ2v) is 1.62. The molecule has 0 aliphatic rings. The number of pyridine rings is 1. The van der Waals surface area contributed by atoms with Gasteiger partial charge in [-0.05, 0) is 6.07 Å². The molecule has 10 heavy (non-hydrogen) atoms. The topological polar surface area (TPSA) is 56.0 Å². The zero-order valence-electron chi connectivity index (χ0n) is 5.15. The van der Waals surface area contributed by atoms with Crippen LogP contribution in [-0.2, 0) is 0 Å². The molecule has 0 spiro atoms. The van der Waals surface area contributed by atoms with E-state index in [0.717, 1.165) is 0 Å². The van der Waals surface area contributed by atoms with E-state index in [1.807, 2.05) is 0 Å². The van der Waals surface area contributed by atoms with Crippen molar-refractivity contribution in [2.24, 2.45) is 0 Å². The Kier molecular flexibility index (Phi) is 3.43. The first-order valence-electron chi connectivity index (χ1n) is 2.49. The molecule has 0 aliphatic heterocycles. The van der Waals surface area contributed by atoms with E-state index in [-0.39, 0.29) is 12.4 Å². The quantitative estimate of drug-likeness (QED) is 0.618. The molecule has 4 heteroatoms. The molecule has 0 amide bonds. The zero-order chi connectivity index (χ0) is 6.69. The van der Waals surface area contributed by atoms with Gasteiger partial charge >= 0.3 is 0 Å². The summed E-state index contributed by atoms with van der Waals surface area (Å²) in [6, 6.07) is 1.59. The number of nitrogens with two attached hydrogens (primary N) is 1. The molecule has 0 bridgehead atoms. The highest BCUT2D eigenvalue weighted by Gasteiger charge is 1.92. The number of carbonyl (C=O) groups is 1. The summed E-state index contributed by atoms with van der Waals surface area (Å²) in [6.45, 7) is 0. The van der Waals surface area contributed by atoms with Crippen LogP contribution in [0.15, 0.2) is 18.5 Å². The summed E-state index contributed by atoms with van der Waals surface area (Å²) in [4.78, 5) is 13.8. The van der Waals surface area contributed by atoms with Crippen molar-refractivity contribution in [2.45, 2.75) is 0 Å². The van der Waals surface area contributed by atoms with E-state index in [9.17, 15) is 4.79 Å². The Labute approximate surface area is 64.7 Å². The van der Waals surface area contributed by atoms with Crippen molar-refractivity contribution in [3.8, 4) is 0 Å². The molecular formula is C6H7ClN2O. The molecule has 54 valence electrons. The third-order valence-corrected chi connectivity index (χ3v) is 1.01. The number of rotatable bonds is 1. The van der Waals surface area contributed by atoms with Crippen LogP contribution in [0.4, 0.5) is 5.69 Å². The number of hydrogen-bond donors (Lipinski definition) is 1. The lowest BCUT2D eigenvalue weighted by molar-refractivity contribution is 0.112. The van der Waals surface area contributed by atoms with Gasteiger partial charge in [-0.2, -0.15) is 0 Å². The Morgan fingerprint density at radius 1 is 1.60 bits per heavy atom. The maximum atomic E-state index is 10.1. The van der Waals surface area contributed by atoms with Gasteiger partial charge in [0.25, 0.3) is 0 Å². The van der Waals surface area contributed by atoms with E-state index < -0.39 is 0 Å². The van der Waals surface area contributed by atoms with Gasteiger partial charge in [0.1, 0.15) is 0 Å². The molecule has 1 heterocycles. The number of aldehydes is 1. The van der Waals surface area contributed by atoms with Crippen LogP contribution in [0, 0.1) is 0 Å². The van der Waals surface area contributed by atoms with E-state index in [4.69, 9.17) is 5.73 Å². The van der Waals surface area contributed by atoms with Crippen molar-refractivity contribution >= 4 is 24.4 Å². The summed E-state index contributed by atoms with van der Waals surface area (Å²) in [5.41, 5.74) is 6.27. The van der Waals surface area contributed by atoms with Crippen molar-refractivity contribution < 1.29 is 4.79 Å². The fraction of sp³-hybridized carbons (Fsp3) is 0. The van der Waals surface area contributed by atoms with Crippen LogP contribution in [0.5, 0.6) is 0 Å². The van der Waals surface area contributed by atoms with Crippen molar-refractivity contribution in [1.29, 1.82) is 0 Å². The van der Waals surface area contributed by atoms with Gasteiger partial charge in [-0.3, -0.25) is 9.78 Å². The van der Waals surface area contributed by atoms with E-state index in [0.29, 0.717) is 17.5 Å². The van der Waals surface area contributed by atoms with Gasteiger partial charge in [-0.25, -0.2) is 0 Å². The summed E-state index contributed by atoms with van der Waals surface area (Å²) in [5.74, 6) is 0. The Bertz CT molecular complexity index is 227. The zero-order valence-corrected chi connectivity index (χ0v) is 5.97. The number of halogens is 1. The first kappa shape index (κ1) is 8.91. The van der Waals surface area contributed by atoms with Crippen LogP contribution >= 0.6 is 12.4 Å². The number of hydrogen-bond acceptors (Lipinski definition) is 3. The average Bonchev–Trinajstić information content (AvgIpc) is 1.89.